The number of hydrogen-bond donors (Lipinski definition) is 2. The van der Waals surface area contributed by atoms with E-state index in [0.717, 1.165) is 32.1 Å². The fourth-order valence-electron chi connectivity index (χ4n) is 3.53. The summed E-state index contributed by atoms with van der Waals surface area (Å²) in [6.45, 7) is 2.73. The highest BCUT2D eigenvalue weighted by Gasteiger charge is 2.38. The Kier molecular flexibility index (Phi) is 5.45. The van der Waals surface area contributed by atoms with Gasteiger partial charge in [-0.25, -0.2) is 9.59 Å². The number of nitrogens with zero attached hydrogens (tertiary/aromatic N) is 2. The maximum atomic E-state index is 12.8. The van der Waals surface area contributed by atoms with Gasteiger partial charge in [-0.1, -0.05) is 19.8 Å². The van der Waals surface area contributed by atoms with Crippen LogP contribution in [-0.4, -0.2) is 63.8 Å². The predicted octanol–water partition coefficient (Wildman–Crippen LogP) is 1.53. The molecule has 2 unspecified atom stereocenters. The number of piperidine rings is 1. The van der Waals surface area contributed by atoms with Crippen molar-refractivity contribution in [1.29, 1.82) is 0 Å². The van der Waals surface area contributed by atoms with Gasteiger partial charge in [0.25, 0.3) is 0 Å². The molecule has 0 aromatic rings. The van der Waals surface area contributed by atoms with Crippen LogP contribution in [0.25, 0.3) is 0 Å². The van der Waals surface area contributed by atoms with Crippen molar-refractivity contribution in [3.05, 3.63) is 0 Å². The van der Waals surface area contributed by atoms with Gasteiger partial charge in [0.1, 0.15) is 6.04 Å². The first-order valence-electron chi connectivity index (χ1n) is 7.95. The molecular weight excluding hydrogens is 272 g/mol. The first kappa shape index (κ1) is 16.1. The van der Waals surface area contributed by atoms with Crippen LogP contribution in [0.2, 0.25) is 0 Å². The molecule has 2 atom stereocenters. The number of carboxylic acid groups (broad SMARTS) is 1. The first-order chi connectivity index (χ1) is 10.0. The van der Waals surface area contributed by atoms with E-state index in [1.54, 1.807) is 4.90 Å². The molecule has 1 aliphatic heterocycles. The Labute approximate surface area is 125 Å². The Morgan fingerprint density at radius 3 is 2.48 bits per heavy atom. The van der Waals surface area contributed by atoms with E-state index in [1.165, 1.54) is 4.90 Å². The number of aliphatic hydroxyl groups is 1. The fourth-order valence-corrected chi connectivity index (χ4v) is 3.53. The average molecular weight is 298 g/mol. The zero-order valence-electron chi connectivity index (χ0n) is 12.7. The Hall–Kier alpha value is -1.30. The highest BCUT2D eigenvalue weighted by molar-refractivity contribution is 5.83. The lowest BCUT2D eigenvalue weighted by atomic mass is 9.92. The van der Waals surface area contributed by atoms with E-state index in [1.807, 2.05) is 6.92 Å². The van der Waals surface area contributed by atoms with Crippen LogP contribution in [0.15, 0.2) is 0 Å². The van der Waals surface area contributed by atoms with Crippen LogP contribution in [-0.2, 0) is 4.79 Å². The first-order valence-corrected chi connectivity index (χ1v) is 7.95. The maximum Gasteiger partial charge on any atom is 0.326 e. The van der Waals surface area contributed by atoms with Crippen molar-refractivity contribution in [3.8, 4) is 0 Å². The number of aliphatic carboxylic acids is 1. The lowest BCUT2D eigenvalue weighted by Crippen LogP contribution is -2.56. The molecule has 6 nitrogen and oxygen atoms in total. The van der Waals surface area contributed by atoms with Gasteiger partial charge in [0.05, 0.1) is 6.61 Å². The normalized spacial score (nSPS) is 26.9. The van der Waals surface area contributed by atoms with E-state index < -0.39 is 12.0 Å². The fraction of sp³-hybridized carbons (Fsp3) is 0.867. The molecule has 0 spiro atoms. The molecule has 0 radical (unpaired) electrons. The molecule has 2 aliphatic rings. The summed E-state index contributed by atoms with van der Waals surface area (Å²) in [5.41, 5.74) is 0. The monoisotopic (exact) mass is 298 g/mol. The van der Waals surface area contributed by atoms with Gasteiger partial charge in [-0.15, -0.1) is 0 Å². The Morgan fingerprint density at radius 1 is 1.24 bits per heavy atom. The number of carboxylic acids is 1. The van der Waals surface area contributed by atoms with E-state index in [9.17, 15) is 19.8 Å². The molecule has 2 fully saturated rings. The summed E-state index contributed by atoms with van der Waals surface area (Å²) in [4.78, 5) is 27.4. The number of amides is 2. The number of likely N-dealkylation sites (tertiary alicyclic amines) is 1. The number of carbonyl (C=O) groups is 2. The standard InChI is InChI=1S/C15H26N2O4/c1-11-6-7-17(13(10-11)14(19)20)15(21)16(8-9-18)12-4-2-3-5-12/h11-13,18H,2-10H2,1H3,(H,19,20). The predicted molar refractivity (Wildman–Crippen MR) is 78.0 cm³/mol. The molecule has 6 heteroatoms. The van der Waals surface area contributed by atoms with Crippen molar-refractivity contribution in [2.24, 2.45) is 5.92 Å². The summed E-state index contributed by atoms with van der Waals surface area (Å²) in [7, 11) is 0. The van der Waals surface area contributed by atoms with Gasteiger partial charge >= 0.3 is 12.0 Å². The number of urea groups is 1. The summed E-state index contributed by atoms with van der Waals surface area (Å²) < 4.78 is 0. The van der Waals surface area contributed by atoms with E-state index in [4.69, 9.17) is 0 Å². The minimum absolute atomic E-state index is 0.0791. The Balaban J connectivity index is 2.11. The van der Waals surface area contributed by atoms with Crippen molar-refractivity contribution in [1.82, 2.24) is 9.80 Å². The molecule has 0 aromatic carbocycles. The SMILES string of the molecule is CC1CCN(C(=O)N(CCO)C2CCCC2)C(C(=O)O)C1. The Morgan fingerprint density at radius 2 is 1.90 bits per heavy atom. The van der Waals surface area contributed by atoms with Gasteiger partial charge in [-0.2, -0.15) is 0 Å². The minimum Gasteiger partial charge on any atom is -0.480 e. The zero-order chi connectivity index (χ0) is 15.4. The zero-order valence-corrected chi connectivity index (χ0v) is 12.7. The van der Waals surface area contributed by atoms with Crippen molar-refractivity contribution < 1.29 is 19.8 Å². The van der Waals surface area contributed by atoms with Gasteiger partial charge in [0.2, 0.25) is 0 Å². The largest absolute Gasteiger partial charge is 0.480 e. The summed E-state index contributed by atoms with van der Waals surface area (Å²) in [5.74, 6) is -0.599. The van der Waals surface area contributed by atoms with Gasteiger partial charge in [0.15, 0.2) is 0 Å². The second-order valence-corrected chi connectivity index (χ2v) is 6.31. The number of hydrogen-bond acceptors (Lipinski definition) is 3. The molecular formula is C15H26N2O4. The quantitative estimate of drug-likeness (QED) is 0.824. The van der Waals surface area contributed by atoms with Crippen molar-refractivity contribution in [2.75, 3.05) is 19.7 Å². The summed E-state index contributed by atoms with van der Waals surface area (Å²) >= 11 is 0. The lowest BCUT2D eigenvalue weighted by Gasteiger charge is -2.40. The van der Waals surface area contributed by atoms with Crippen molar-refractivity contribution in [2.45, 2.75) is 57.5 Å². The summed E-state index contributed by atoms with van der Waals surface area (Å²) in [6, 6.07) is -0.794. The smallest absolute Gasteiger partial charge is 0.326 e. The second kappa shape index (κ2) is 7.11. The van der Waals surface area contributed by atoms with Crippen LogP contribution in [0.5, 0.6) is 0 Å². The number of aliphatic hydroxyl groups excluding tert-OH is 1. The van der Waals surface area contributed by atoms with Crippen molar-refractivity contribution >= 4 is 12.0 Å². The third-order valence-electron chi connectivity index (χ3n) is 4.75. The highest BCUT2D eigenvalue weighted by Crippen LogP contribution is 2.28. The molecule has 1 aliphatic carbocycles. The van der Waals surface area contributed by atoms with Crippen LogP contribution in [0.3, 0.4) is 0 Å². The van der Waals surface area contributed by atoms with Crippen molar-refractivity contribution in [3.63, 3.8) is 0 Å². The van der Waals surface area contributed by atoms with E-state index in [2.05, 4.69) is 0 Å². The molecule has 0 bridgehead atoms. The summed E-state index contributed by atoms with van der Waals surface area (Å²) in [5, 5.41) is 18.6. The van der Waals surface area contributed by atoms with Gasteiger partial charge in [0, 0.05) is 19.1 Å². The van der Waals surface area contributed by atoms with E-state index >= 15 is 0 Å². The molecule has 21 heavy (non-hydrogen) atoms. The van der Waals surface area contributed by atoms with Crippen LogP contribution < -0.4 is 0 Å². The van der Waals surface area contributed by atoms with E-state index in [-0.39, 0.29) is 18.7 Å². The summed E-state index contributed by atoms with van der Waals surface area (Å²) in [6.07, 6.45) is 5.45. The number of rotatable bonds is 4. The maximum absolute atomic E-state index is 12.8. The van der Waals surface area contributed by atoms with E-state index in [0.29, 0.717) is 25.4 Å². The minimum atomic E-state index is -0.926. The van der Waals surface area contributed by atoms with Crippen LogP contribution in [0.1, 0.15) is 45.4 Å². The third-order valence-corrected chi connectivity index (χ3v) is 4.75. The van der Waals surface area contributed by atoms with Crippen LogP contribution >= 0.6 is 0 Å². The molecule has 0 aromatic heterocycles. The topological polar surface area (TPSA) is 81.1 Å². The highest BCUT2D eigenvalue weighted by atomic mass is 16.4. The average Bonchev–Trinajstić information content (AvgIpc) is 2.97. The van der Waals surface area contributed by atoms with Crippen LogP contribution in [0, 0.1) is 5.92 Å². The van der Waals surface area contributed by atoms with Gasteiger partial charge in [-0.05, 0) is 31.6 Å². The molecule has 1 heterocycles. The van der Waals surface area contributed by atoms with Gasteiger partial charge in [-0.3, -0.25) is 0 Å². The van der Waals surface area contributed by atoms with Gasteiger partial charge < -0.3 is 20.0 Å². The molecule has 120 valence electrons. The molecule has 2 rings (SSSR count). The molecule has 1 saturated carbocycles. The molecule has 2 amide bonds. The third kappa shape index (κ3) is 3.67. The second-order valence-electron chi connectivity index (χ2n) is 6.31. The molecule has 2 N–H and O–H groups in total. The Bertz CT molecular complexity index is 382. The number of carbonyl (C=O) groups excluding carboxylic acids is 1. The lowest BCUT2D eigenvalue weighted by molar-refractivity contribution is -0.144. The molecule has 1 saturated heterocycles. The van der Waals surface area contributed by atoms with Crippen LogP contribution in [0.4, 0.5) is 4.79 Å².